The van der Waals surface area contributed by atoms with Crippen LogP contribution in [0.15, 0.2) is 35.3 Å². The first-order chi connectivity index (χ1) is 9.18. The average Bonchev–Trinajstić information content (AvgIpc) is 2.40. The lowest BCUT2D eigenvalue weighted by molar-refractivity contribution is 0.521. The number of nitrogens with one attached hydrogen (secondary N) is 1. The van der Waals surface area contributed by atoms with Gasteiger partial charge in [0.25, 0.3) is 5.56 Å². The Hall–Kier alpha value is -1.68. The number of hydrogen-bond donors (Lipinski definition) is 1. The lowest BCUT2D eigenvalue weighted by atomic mass is 10.2. The molecule has 1 aromatic carbocycles. The summed E-state index contributed by atoms with van der Waals surface area (Å²) in [6, 6.07) is 7.76. The topological polar surface area (TPSA) is 46.9 Å². The summed E-state index contributed by atoms with van der Waals surface area (Å²) in [4.78, 5) is 16.0. The Kier molecular flexibility index (Phi) is 4.68. The van der Waals surface area contributed by atoms with Gasteiger partial charge in [-0.3, -0.25) is 4.79 Å². The fourth-order valence-electron chi connectivity index (χ4n) is 2.10. The summed E-state index contributed by atoms with van der Waals surface area (Å²) < 4.78 is 1.80. The van der Waals surface area contributed by atoms with E-state index < -0.39 is 0 Å². The number of rotatable bonds is 6. The third kappa shape index (κ3) is 3.64. The van der Waals surface area contributed by atoms with Gasteiger partial charge < -0.3 is 9.88 Å². The number of aryl methyl sites for hydroxylation is 1. The van der Waals surface area contributed by atoms with Crippen LogP contribution < -0.4 is 10.9 Å². The summed E-state index contributed by atoms with van der Waals surface area (Å²) in [6.07, 6.45) is 2.35. The van der Waals surface area contributed by atoms with Crippen molar-refractivity contribution in [2.24, 2.45) is 5.92 Å². The van der Waals surface area contributed by atoms with Gasteiger partial charge in [-0.2, -0.15) is 0 Å². The molecule has 102 valence electrons. The highest BCUT2D eigenvalue weighted by molar-refractivity contribution is 5.74. The third-order valence-electron chi connectivity index (χ3n) is 3.04. The van der Waals surface area contributed by atoms with Crippen molar-refractivity contribution in [2.45, 2.75) is 26.8 Å². The number of para-hydroxylation sites is 2. The van der Waals surface area contributed by atoms with E-state index >= 15 is 0 Å². The Morgan fingerprint density at radius 1 is 1.32 bits per heavy atom. The zero-order chi connectivity index (χ0) is 13.7. The molecule has 0 aliphatic carbocycles. The molecule has 1 N–H and O–H groups in total. The van der Waals surface area contributed by atoms with Crippen LogP contribution in [-0.4, -0.2) is 22.6 Å². The first kappa shape index (κ1) is 13.7. The maximum Gasteiger partial charge on any atom is 0.269 e. The van der Waals surface area contributed by atoms with Crippen LogP contribution in [0.5, 0.6) is 0 Å². The van der Waals surface area contributed by atoms with E-state index in [2.05, 4.69) is 24.1 Å². The quantitative estimate of drug-likeness (QED) is 0.807. The molecule has 0 atom stereocenters. The molecule has 0 fully saturated rings. The van der Waals surface area contributed by atoms with E-state index in [1.807, 2.05) is 24.3 Å². The van der Waals surface area contributed by atoms with Crippen molar-refractivity contribution in [2.75, 3.05) is 13.1 Å². The molecule has 1 heterocycles. The van der Waals surface area contributed by atoms with Crippen molar-refractivity contribution in [1.29, 1.82) is 0 Å². The van der Waals surface area contributed by atoms with Crippen molar-refractivity contribution < 1.29 is 0 Å². The van der Waals surface area contributed by atoms with Gasteiger partial charge in [-0.1, -0.05) is 26.0 Å². The summed E-state index contributed by atoms with van der Waals surface area (Å²) in [5.74, 6) is 0.657. The maximum absolute atomic E-state index is 11.9. The zero-order valence-corrected chi connectivity index (χ0v) is 11.6. The number of fused-ring (bicyclic) bond motifs is 1. The van der Waals surface area contributed by atoms with Gasteiger partial charge >= 0.3 is 0 Å². The highest BCUT2D eigenvalue weighted by atomic mass is 16.1. The van der Waals surface area contributed by atoms with Crippen LogP contribution >= 0.6 is 0 Å². The SMILES string of the molecule is CC(C)CNCCCn1c(=O)cnc2ccccc21. The summed E-state index contributed by atoms with van der Waals surface area (Å²) in [5.41, 5.74) is 1.76. The van der Waals surface area contributed by atoms with Gasteiger partial charge in [-0.15, -0.1) is 0 Å². The predicted octanol–water partition coefficient (Wildman–Crippen LogP) is 2.03. The molecule has 0 aliphatic heterocycles. The summed E-state index contributed by atoms with van der Waals surface area (Å²) in [7, 11) is 0. The Bertz CT molecular complexity index is 589. The predicted molar refractivity (Wildman–Crippen MR) is 78.3 cm³/mol. The second-order valence-electron chi connectivity index (χ2n) is 5.19. The largest absolute Gasteiger partial charge is 0.316 e. The minimum absolute atomic E-state index is 0.0254. The van der Waals surface area contributed by atoms with Crippen LogP contribution in [-0.2, 0) is 6.54 Å². The van der Waals surface area contributed by atoms with Crippen molar-refractivity contribution in [3.63, 3.8) is 0 Å². The smallest absolute Gasteiger partial charge is 0.269 e. The summed E-state index contributed by atoms with van der Waals surface area (Å²) >= 11 is 0. The van der Waals surface area contributed by atoms with Crippen molar-refractivity contribution in [1.82, 2.24) is 14.9 Å². The minimum Gasteiger partial charge on any atom is -0.316 e. The van der Waals surface area contributed by atoms with Gasteiger partial charge in [0.15, 0.2) is 0 Å². The Labute approximate surface area is 113 Å². The maximum atomic E-state index is 11.9. The molecule has 0 bridgehead atoms. The molecule has 19 heavy (non-hydrogen) atoms. The van der Waals surface area contributed by atoms with E-state index in [1.165, 1.54) is 6.20 Å². The molecule has 0 saturated heterocycles. The lowest BCUT2D eigenvalue weighted by Gasteiger charge is -2.10. The molecule has 0 spiro atoms. The normalized spacial score (nSPS) is 11.3. The third-order valence-corrected chi connectivity index (χ3v) is 3.04. The van der Waals surface area contributed by atoms with Gasteiger partial charge in [0.05, 0.1) is 17.2 Å². The van der Waals surface area contributed by atoms with Crippen LogP contribution in [0.4, 0.5) is 0 Å². The van der Waals surface area contributed by atoms with E-state index in [-0.39, 0.29) is 5.56 Å². The summed E-state index contributed by atoms with van der Waals surface area (Å²) in [6.45, 7) is 7.06. The van der Waals surface area contributed by atoms with E-state index in [0.29, 0.717) is 5.92 Å². The molecular weight excluding hydrogens is 238 g/mol. The van der Waals surface area contributed by atoms with Crippen LogP contribution in [0.25, 0.3) is 11.0 Å². The van der Waals surface area contributed by atoms with E-state index in [9.17, 15) is 4.79 Å². The zero-order valence-electron chi connectivity index (χ0n) is 11.6. The molecule has 0 saturated carbocycles. The number of benzene rings is 1. The van der Waals surface area contributed by atoms with E-state index in [0.717, 1.165) is 37.1 Å². The first-order valence-corrected chi connectivity index (χ1v) is 6.84. The number of nitrogens with zero attached hydrogens (tertiary/aromatic N) is 2. The van der Waals surface area contributed by atoms with Crippen LogP contribution in [0, 0.1) is 5.92 Å². The van der Waals surface area contributed by atoms with Gasteiger partial charge in [0.1, 0.15) is 0 Å². The van der Waals surface area contributed by atoms with Crippen molar-refractivity contribution in [3.8, 4) is 0 Å². The molecule has 4 heteroatoms. The molecule has 0 aliphatic rings. The Balaban J connectivity index is 2.04. The van der Waals surface area contributed by atoms with Gasteiger partial charge in [-0.25, -0.2) is 4.98 Å². The Morgan fingerprint density at radius 3 is 2.89 bits per heavy atom. The molecule has 0 amide bonds. The molecule has 2 aromatic rings. The highest BCUT2D eigenvalue weighted by Gasteiger charge is 2.03. The highest BCUT2D eigenvalue weighted by Crippen LogP contribution is 2.08. The number of hydrogen-bond acceptors (Lipinski definition) is 3. The molecule has 1 aromatic heterocycles. The van der Waals surface area contributed by atoms with Crippen LogP contribution in [0.2, 0.25) is 0 Å². The summed E-state index contributed by atoms with van der Waals surface area (Å²) in [5, 5.41) is 3.39. The monoisotopic (exact) mass is 259 g/mol. The fraction of sp³-hybridized carbons (Fsp3) is 0.467. The average molecular weight is 259 g/mol. The second-order valence-corrected chi connectivity index (χ2v) is 5.19. The van der Waals surface area contributed by atoms with Crippen molar-refractivity contribution in [3.05, 3.63) is 40.8 Å². The first-order valence-electron chi connectivity index (χ1n) is 6.84. The minimum atomic E-state index is -0.0254. The Morgan fingerprint density at radius 2 is 2.11 bits per heavy atom. The molecular formula is C15H21N3O. The molecule has 4 nitrogen and oxygen atoms in total. The second kappa shape index (κ2) is 6.48. The van der Waals surface area contributed by atoms with E-state index in [1.54, 1.807) is 4.57 Å². The van der Waals surface area contributed by atoms with Gasteiger partial charge in [-0.05, 0) is 37.6 Å². The van der Waals surface area contributed by atoms with Crippen LogP contribution in [0.3, 0.4) is 0 Å². The van der Waals surface area contributed by atoms with Crippen molar-refractivity contribution >= 4 is 11.0 Å². The fourth-order valence-corrected chi connectivity index (χ4v) is 2.10. The van der Waals surface area contributed by atoms with Gasteiger partial charge in [0, 0.05) is 6.54 Å². The van der Waals surface area contributed by atoms with E-state index in [4.69, 9.17) is 0 Å². The lowest BCUT2D eigenvalue weighted by Crippen LogP contribution is -2.25. The molecule has 2 rings (SSSR count). The van der Waals surface area contributed by atoms with Crippen LogP contribution in [0.1, 0.15) is 20.3 Å². The number of aromatic nitrogens is 2. The standard InChI is InChI=1S/C15H21N3O/c1-12(2)10-16-8-5-9-18-14-7-4-3-6-13(14)17-11-15(18)19/h3-4,6-7,11-12,16H,5,8-10H2,1-2H3. The van der Waals surface area contributed by atoms with Gasteiger partial charge in [0.2, 0.25) is 0 Å². The molecule has 0 radical (unpaired) electrons. The molecule has 0 unspecified atom stereocenters.